The van der Waals surface area contributed by atoms with Gasteiger partial charge in [-0.2, -0.15) is 0 Å². The molecule has 0 spiro atoms. The third kappa shape index (κ3) is 3.09. The second kappa shape index (κ2) is 5.53. The Bertz CT molecular complexity index is 505. The average Bonchev–Trinajstić information content (AvgIpc) is 3.32. The lowest BCUT2D eigenvalue weighted by molar-refractivity contribution is 0.0930. The highest BCUT2D eigenvalue weighted by Gasteiger charge is 2.30. The number of nitrogens with one attached hydrogen (secondary N) is 1. The first kappa shape index (κ1) is 14.1. The van der Waals surface area contributed by atoms with Crippen molar-refractivity contribution < 1.29 is 4.79 Å². The van der Waals surface area contributed by atoms with Gasteiger partial charge in [0.05, 0.1) is 0 Å². The van der Waals surface area contributed by atoms with Crippen LogP contribution in [0.15, 0.2) is 16.7 Å². The molecule has 0 aromatic carbocycles. The minimum atomic E-state index is 0.0404. The van der Waals surface area contributed by atoms with E-state index < -0.39 is 0 Å². The highest BCUT2D eigenvalue weighted by Crippen LogP contribution is 2.37. The third-order valence-corrected chi connectivity index (χ3v) is 4.80. The van der Waals surface area contributed by atoms with Crippen LogP contribution in [0.1, 0.15) is 49.1 Å². The van der Waals surface area contributed by atoms with Crippen LogP contribution in [0.3, 0.4) is 0 Å². The van der Waals surface area contributed by atoms with Gasteiger partial charge in [-0.1, -0.05) is 0 Å². The number of halogens is 1. The predicted molar refractivity (Wildman–Crippen MR) is 83.0 cm³/mol. The van der Waals surface area contributed by atoms with Crippen molar-refractivity contribution in [1.29, 1.82) is 0 Å². The van der Waals surface area contributed by atoms with Crippen LogP contribution in [0.4, 0.5) is 0 Å². The molecule has 1 amide bonds. The molecule has 4 nitrogen and oxygen atoms in total. The van der Waals surface area contributed by atoms with Gasteiger partial charge in [0.15, 0.2) is 0 Å². The van der Waals surface area contributed by atoms with E-state index in [1.807, 2.05) is 12.3 Å². The first-order valence-corrected chi connectivity index (χ1v) is 8.23. The van der Waals surface area contributed by atoms with Crippen LogP contribution in [0.2, 0.25) is 0 Å². The van der Waals surface area contributed by atoms with Crippen molar-refractivity contribution >= 4 is 21.8 Å². The summed E-state index contributed by atoms with van der Waals surface area (Å²) in [6.45, 7) is 2.88. The van der Waals surface area contributed by atoms with Gasteiger partial charge in [0.25, 0.3) is 5.91 Å². The van der Waals surface area contributed by atoms with Crippen molar-refractivity contribution in [2.24, 2.45) is 0 Å². The quantitative estimate of drug-likeness (QED) is 0.865. The molecule has 5 heteroatoms. The van der Waals surface area contributed by atoms with E-state index in [0.717, 1.165) is 16.2 Å². The first-order valence-electron chi connectivity index (χ1n) is 7.43. The Hall–Kier alpha value is -0.810. The minimum absolute atomic E-state index is 0.0404. The van der Waals surface area contributed by atoms with Gasteiger partial charge in [-0.05, 0) is 61.7 Å². The molecule has 0 radical (unpaired) electrons. The smallest absolute Gasteiger partial charge is 0.268 e. The SMILES string of the molecule is CC(CNC(=O)c1cc(Br)cn1C1CC1)N(C)C1CC1. The molecule has 3 rings (SSSR count). The summed E-state index contributed by atoms with van der Waals surface area (Å²) in [7, 11) is 2.15. The standard InChI is InChI=1S/C15H22BrN3O/c1-10(18(2)12-3-4-12)8-17-15(20)14-7-11(16)9-19(14)13-5-6-13/h7,9-10,12-13H,3-6,8H2,1-2H3,(H,17,20). The van der Waals surface area contributed by atoms with Gasteiger partial charge in [0.1, 0.15) is 5.69 Å². The first-order chi connectivity index (χ1) is 9.56. The molecule has 1 aromatic heterocycles. The van der Waals surface area contributed by atoms with Crippen LogP contribution in [0.5, 0.6) is 0 Å². The molecule has 0 bridgehead atoms. The fraction of sp³-hybridized carbons (Fsp3) is 0.667. The highest BCUT2D eigenvalue weighted by molar-refractivity contribution is 9.10. The molecule has 1 heterocycles. The summed E-state index contributed by atoms with van der Waals surface area (Å²) in [5, 5.41) is 3.08. The van der Waals surface area contributed by atoms with Gasteiger partial charge >= 0.3 is 0 Å². The fourth-order valence-electron chi connectivity index (χ4n) is 2.60. The van der Waals surface area contributed by atoms with E-state index in [-0.39, 0.29) is 5.91 Å². The van der Waals surface area contributed by atoms with Crippen molar-refractivity contribution in [2.45, 2.75) is 50.7 Å². The lowest BCUT2D eigenvalue weighted by atomic mass is 10.2. The molecule has 2 fully saturated rings. The van der Waals surface area contributed by atoms with Gasteiger partial charge in [-0.15, -0.1) is 0 Å². The predicted octanol–water partition coefficient (Wildman–Crippen LogP) is 2.80. The van der Waals surface area contributed by atoms with Gasteiger partial charge in [0, 0.05) is 35.3 Å². The van der Waals surface area contributed by atoms with E-state index in [9.17, 15) is 4.79 Å². The van der Waals surface area contributed by atoms with Gasteiger partial charge < -0.3 is 9.88 Å². The van der Waals surface area contributed by atoms with Crippen LogP contribution < -0.4 is 5.32 Å². The van der Waals surface area contributed by atoms with Crippen LogP contribution >= 0.6 is 15.9 Å². The molecule has 2 aliphatic carbocycles. The number of aromatic nitrogens is 1. The van der Waals surface area contributed by atoms with E-state index in [0.29, 0.717) is 18.6 Å². The van der Waals surface area contributed by atoms with Crippen molar-refractivity contribution in [2.75, 3.05) is 13.6 Å². The van der Waals surface area contributed by atoms with E-state index >= 15 is 0 Å². The Morgan fingerprint density at radius 2 is 2.20 bits per heavy atom. The number of likely N-dealkylation sites (N-methyl/N-ethyl adjacent to an activating group) is 1. The van der Waals surface area contributed by atoms with Crippen molar-refractivity contribution in [1.82, 2.24) is 14.8 Å². The minimum Gasteiger partial charge on any atom is -0.349 e. The topological polar surface area (TPSA) is 37.3 Å². The zero-order valence-corrected chi connectivity index (χ0v) is 13.7. The monoisotopic (exact) mass is 339 g/mol. The molecular weight excluding hydrogens is 318 g/mol. The number of carbonyl (C=O) groups is 1. The van der Waals surface area contributed by atoms with Gasteiger partial charge in [-0.25, -0.2) is 0 Å². The molecule has 0 saturated heterocycles. The van der Waals surface area contributed by atoms with Crippen molar-refractivity contribution in [3.8, 4) is 0 Å². The summed E-state index contributed by atoms with van der Waals surface area (Å²) < 4.78 is 3.09. The van der Waals surface area contributed by atoms with Crippen molar-refractivity contribution in [3.63, 3.8) is 0 Å². The molecule has 2 aliphatic rings. The van der Waals surface area contributed by atoms with E-state index in [4.69, 9.17) is 0 Å². The summed E-state index contributed by atoms with van der Waals surface area (Å²) in [6.07, 6.45) is 6.98. The van der Waals surface area contributed by atoms with Gasteiger partial charge in [0.2, 0.25) is 0 Å². The van der Waals surface area contributed by atoms with Crippen LogP contribution in [0, 0.1) is 0 Å². The molecule has 0 aliphatic heterocycles. The molecule has 1 aromatic rings. The average molecular weight is 340 g/mol. The third-order valence-electron chi connectivity index (χ3n) is 4.36. The normalized spacial score (nSPS) is 20.2. The largest absolute Gasteiger partial charge is 0.349 e. The second-order valence-electron chi connectivity index (χ2n) is 6.14. The summed E-state index contributed by atoms with van der Waals surface area (Å²) in [5.74, 6) is 0.0404. The number of carbonyl (C=O) groups excluding carboxylic acids is 1. The Morgan fingerprint density at radius 3 is 2.80 bits per heavy atom. The maximum absolute atomic E-state index is 12.4. The summed E-state index contributed by atoms with van der Waals surface area (Å²) >= 11 is 3.47. The molecular formula is C15H22BrN3O. The fourth-order valence-corrected chi connectivity index (χ4v) is 3.04. The summed E-state index contributed by atoms with van der Waals surface area (Å²) in [6, 6.07) is 3.56. The summed E-state index contributed by atoms with van der Waals surface area (Å²) in [4.78, 5) is 14.7. The molecule has 1 unspecified atom stereocenters. The highest BCUT2D eigenvalue weighted by atomic mass is 79.9. The number of amides is 1. The number of hydrogen-bond donors (Lipinski definition) is 1. The number of rotatable bonds is 6. The zero-order valence-electron chi connectivity index (χ0n) is 12.1. The molecule has 1 N–H and O–H groups in total. The second-order valence-corrected chi connectivity index (χ2v) is 7.05. The summed E-state index contributed by atoms with van der Waals surface area (Å²) in [5.41, 5.74) is 0.778. The Balaban J connectivity index is 1.58. The maximum atomic E-state index is 12.4. The van der Waals surface area contributed by atoms with Crippen LogP contribution in [-0.2, 0) is 0 Å². The van der Waals surface area contributed by atoms with Crippen molar-refractivity contribution in [3.05, 3.63) is 22.4 Å². The van der Waals surface area contributed by atoms with E-state index in [2.05, 4.69) is 44.7 Å². The molecule has 2 saturated carbocycles. The maximum Gasteiger partial charge on any atom is 0.268 e. The Kier molecular flexibility index (Phi) is 3.91. The Morgan fingerprint density at radius 1 is 1.50 bits per heavy atom. The van der Waals surface area contributed by atoms with Crippen LogP contribution in [-0.4, -0.2) is 41.1 Å². The number of hydrogen-bond acceptors (Lipinski definition) is 2. The molecule has 1 atom stereocenters. The lowest BCUT2D eigenvalue weighted by Crippen LogP contribution is -2.41. The Labute approximate surface area is 128 Å². The van der Waals surface area contributed by atoms with Gasteiger partial charge in [-0.3, -0.25) is 9.69 Å². The number of nitrogens with zero attached hydrogens (tertiary/aromatic N) is 2. The van der Waals surface area contributed by atoms with Crippen LogP contribution in [0.25, 0.3) is 0 Å². The van der Waals surface area contributed by atoms with E-state index in [1.54, 1.807) is 0 Å². The molecule has 20 heavy (non-hydrogen) atoms. The van der Waals surface area contributed by atoms with E-state index in [1.165, 1.54) is 25.7 Å². The zero-order chi connectivity index (χ0) is 14.3. The lowest BCUT2D eigenvalue weighted by Gasteiger charge is -2.24. The molecule has 110 valence electrons.